The number of benzene rings is 1. The Kier molecular flexibility index (Phi) is 3.97. The van der Waals surface area contributed by atoms with Crippen molar-refractivity contribution in [1.29, 1.82) is 0 Å². The molecule has 0 radical (unpaired) electrons. The molecule has 0 unspecified atom stereocenters. The lowest BCUT2D eigenvalue weighted by molar-refractivity contribution is 0.101. The first-order valence-electron chi connectivity index (χ1n) is 6.67. The third-order valence-corrected chi connectivity index (χ3v) is 4.06. The van der Waals surface area contributed by atoms with E-state index in [-0.39, 0.29) is 5.78 Å². The largest absolute Gasteiger partial charge is 0.496 e. The Labute approximate surface area is 131 Å². The number of hydrogen-bond donors (Lipinski definition) is 0. The number of carbonyl (C=O) groups is 1. The molecule has 2 aromatic heterocycles. The van der Waals surface area contributed by atoms with E-state index in [0.717, 1.165) is 10.4 Å². The molecular formula is C15H14N4O2S. The number of carbonyl (C=O) groups excluding carboxylic acids is 1. The van der Waals surface area contributed by atoms with Crippen LogP contribution >= 0.6 is 11.3 Å². The van der Waals surface area contributed by atoms with Crippen molar-refractivity contribution in [3.8, 4) is 16.5 Å². The fraction of sp³-hybridized carbons (Fsp3) is 0.200. The summed E-state index contributed by atoms with van der Waals surface area (Å²) in [6.45, 7) is 1.93. The van der Waals surface area contributed by atoms with Gasteiger partial charge >= 0.3 is 0 Å². The second-order valence-electron chi connectivity index (χ2n) is 4.70. The molecule has 0 spiro atoms. The summed E-state index contributed by atoms with van der Waals surface area (Å²) in [5, 5.41) is 14.4. The molecular weight excluding hydrogens is 300 g/mol. The van der Waals surface area contributed by atoms with E-state index in [0.29, 0.717) is 23.7 Å². The van der Waals surface area contributed by atoms with Crippen LogP contribution in [-0.4, -0.2) is 33.1 Å². The Bertz CT molecular complexity index is 796. The van der Waals surface area contributed by atoms with Gasteiger partial charge in [-0.25, -0.2) is 0 Å². The van der Waals surface area contributed by atoms with Crippen LogP contribution in [0.3, 0.4) is 0 Å². The zero-order valence-electron chi connectivity index (χ0n) is 12.2. The second-order valence-corrected chi connectivity index (χ2v) is 5.65. The highest BCUT2D eigenvalue weighted by Crippen LogP contribution is 2.22. The number of methoxy groups -OCH3 is 1. The second kappa shape index (κ2) is 6.07. The van der Waals surface area contributed by atoms with Gasteiger partial charge in [0.1, 0.15) is 5.75 Å². The van der Waals surface area contributed by atoms with E-state index in [9.17, 15) is 4.79 Å². The molecule has 0 saturated heterocycles. The smallest absolute Gasteiger partial charge is 0.214 e. The molecule has 6 nitrogen and oxygen atoms in total. The monoisotopic (exact) mass is 314 g/mol. The number of rotatable bonds is 5. The van der Waals surface area contributed by atoms with Gasteiger partial charge in [0, 0.05) is 11.1 Å². The summed E-state index contributed by atoms with van der Waals surface area (Å²) < 4.78 is 5.33. The van der Waals surface area contributed by atoms with Crippen LogP contribution in [0, 0.1) is 0 Å². The molecule has 3 aromatic rings. The molecule has 1 aromatic carbocycles. The number of ketones is 1. The van der Waals surface area contributed by atoms with Crippen molar-refractivity contribution >= 4 is 17.1 Å². The number of aromatic nitrogens is 4. The quantitative estimate of drug-likeness (QED) is 0.677. The highest BCUT2D eigenvalue weighted by atomic mass is 32.1. The first kappa shape index (κ1) is 14.4. The minimum absolute atomic E-state index is 0.00901. The van der Waals surface area contributed by atoms with E-state index in [2.05, 4.69) is 15.4 Å². The van der Waals surface area contributed by atoms with Crippen molar-refractivity contribution in [2.24, 2.45) is 0 Å². The third kappa shape index (κ3) is 2.89. The number of ether oxygens (including phenoxy) is 1. The first-order chi connectivity index (χ1) is 10.7. The van der Waals surface area contributed by atoms with E-state index < -0.39 is 0 Å². The van der Waals surface area contributed by atoms with E-state index in [4.69, 9.17) is 4.74 Å². The van der Waals surface area contributed by atoms with Crippen molar-refractivity contribution in [2.75, 3.05) is 7.11 Å². The van der Waals surface area contributed by atoms with Gasteiger partial charge in [0.05, 0.1) is 18.5 Å². The predicted molar refractivity (Wildman–Crippen MR) is 83.2 cm³/mol. The summed E-state index contributed by atoms with van der Waals surface area (Å²) in [5.74, 6) is 1.30. The highest BCUT2D eigenvalue weighted by Gasteiger charge is 2.11. The van der Waals surface area contributed by atoms with Gasteiger partial charge in [0.15, 0.2) is 5.78 Å². The van der Waals surface area contributed by atoms with Crippen LogP contribution in [0.5, 0.6) is 5.75 Å². The molecule has 2 heterocycles. The van der Waals surface area contributed by atoms with E-state index in [1.54, 1.807) is 36.6 Å². The Morgan fingerprint density at radius 2 is 2.23 bits per heavy atom. The molecule has 0 N–H and O–H groups in total. The maximum absolute atomic E-state index is 11.5. The molecule has 7 heteroatoms. The molecule has 112 valence electrons. The van der Waals surface area contributed by atoms with Gasteiger partial charge in [-0.05, 0) is 41.8 Å². The average molecular weight is 314 g/mol. The lowest BCUT2D eigenvalue weighted by Crippen LogP contribution is -2.07. The maximum atomic E-state index is 11.5. The predicted octanol–water partition coefficient (Wildman–Crippen LogP) is 2.66. The molecule has 22 heavy (non-hydrogen) atoms. The Balaban J connectivity index is 1.89. The third-order valence-electron chi connectivity index (χ3n) is 3.19. The van der Waals surface area contributed by atoms with Crippen LogP contribution in [0.4, 0.5) is 0 Å². The van der Waals surface area contributed by atoms with Gasteiger partial charge in [-0.2, -0.15) is 4.80 Å². The Hall–Kier alpha value is -2.54. The van der Waals surface area contributed by atoms with Crippen LogP contribution in [0.25, 0.3) is 10.7 Å². The molecule has 0 saturated carbocycles. The SMILES string of the molecule is COc1ccc(C(C)=O)cc1Cn1nnc(-c2cccs2)n1. The minimum Gasteiger partial charge on any atom is -0.496 e. The number of nitrogens with zero attached hydrogens (tertiary/aromatic N) is 4. The van der Waals surface area contributed by atoms with Crippen molar-refractivity contribution in [3.05, 3.63) is 46.8 Å². The summed E-state index contributed by atoms with van der Waals surface area (Å²) in [6, 6.07) is 9.22. The van der Waals surface area contributed by atoms with Crippen molar-refractivity contribution in [3.63, 3.8) is 0 Å². The van der Waals surface area contributed by atoms with Crippen LogP contribution in [-0.2, 0) is 6.54 Å². The molecule has 0 amide bonds. The van der Waals surface area contributed by atoms with Crippen LogP contribution < -0.4 is 4.74 Å². The maximum Gasteiger partial charge on any atom is 0.214 e. The van der Waals surface area contributed by atoms with Gasteiger partial charge in [-0.1, -0.05) is 6.07 Å². The fourth-order valence-electron chi connectivity index (χ4n) is 2.09. The van der Waals surface area contributed by atoms with E-state index in [1.165, 1.54) is 11.7 Å². The first-order valence-corrected chi connectivity index (χ1v) is 7.55. The number of thiophene rings is 1. The van der Waals surface area contributed by atoms with Crippen molar-refractivity contribution < 1.29 is 9.53 Å². The Morgan fingerprint density at radius 3 is 2.91 bits per heavy atom. The Morgan fingerprint density at radius 1 is 1.36 bits per heavy atom. The topological polar surface area (TPSA) is 69.9 Å². The summed E-state index contributed by atoms with van der Waals surface area (Å²) in [7, 11) is 1.60. The van der Waals surface area contributed by atoms with Gasteiger partial charge in [-0.3, -0.25) is 4.79 Å². The standard InChI is InChI=1S/C15H14N4O2S/c1-10(20)11-5-6-13(21-2)12(8-11)9-19-17-15(16-18-19)14-4-3-7-22-14/h3-8H,9H2,1-2H3. The fourth-order valence-corrected chi connectivity index (χ4v) is 2.74. The average Bonchev–Trinajstić information content (AvgIpc) is 3.17. The lowest BCUT2D eigenvalue weighted by atomic mass is 10.1. The van der Waals surface area contributed by atoms with Crippen LogP contribution in [0.15, 0.2) is 35.7 Å². The molecule has 0 atom stereocenters. The molecule has 0 fully saturated rings. The highest BCUT2D eigenvalue weighted by molar-refractivity contribution is 7.13. The lowest BCUT2D eigenvalue weighted by Gasteiger charge is -2.08. The van der Waals surface area contributed by atoms with E-state index in [1.807, 2.05) is 17.5 Å². The van der Waals surface area contributed by atoms with Crippen molar-refractivity contribution in [1.82, 2.24) is 20.2 Å². The van der Waals surface area contributed by atoms with Crippen molar-refractivity contribution in [2.45, 2.75) is 13.5 Å². The van der Waals surface area contributed by atoms with Gasteiger partial charge in [0.25, 0.3) is 0 Å². The molecule has 0 aliphatic carbocycles. The number of Topliss-reactive ketones (excluding diaryl/α,β-unsaturated/α-hetero) is 1. The van der Waals surface area contributed by atoms with Gasteiger partial charge in [-0.15, -0.1) is 21.5 Å². The zero-order valence-corrected chi connectivity index (χ0v) is 13.0. The zero-order chi connectivity index (χ0) is 15.5. The summed E-state index contributed by atoms with van der Waals surface area (Å²) in [6.07, 6.45) is 0. The summed E-state index contributed by atoms with van der Waals surface area (Å²) >= 11 is 1.56. The molecule has 0 aliphatic heterocycles. The molecule has 0 bridgehead atoms. The van der Waals surface area contributed by atoms with E-state index >= 15 is 0 Å². The van der Waals surface area contributed by atoms with Crippen LogP contribution in [0.1, 0.15) is 22.8 Å². The molecule has 0 aliphatic rings. The molecule has 3 rings (SSSR count). The number of tetrazole rings is 1. The summed E-state index contributed by atoms with van der Waals surface area (Å²) in [4.78, 5) is 14.0. The van der Waals surface area contributed by atoms with Gasteiger partial charge in [0.2, 0.25) is 5.82 Å². The minimum atomic E-state index is 0.00901. The van der Waals surface area contributed by atoms with Gasteiger partial charge < -0.3 is 4.74 Å². The number of hydrogen-bond acceptors (Lipinski definition) is 6. The van der Waals surface area contributed by atoms with Crippen LogP contribution in [0.2, 0.25) is 0 Å². The normalized spacial score (nSPS) is 10.6. The summed E-state index contributed by atoms with van der Waals surface area (Å²) in [5.41, 5.74) is 1.47.